The van der Waals surface area contributed by atoms with Crippen molar-refractivity contribution < 1.29 is 9.47 Å². The first kappa shape index (κ1) is 11.4. The molecule has 0 heterocycles. The summed E-state index contributed by atoms with van der Waals surface area (Å²) in [5.74, 6) is 1.41. The highest BCUT2D eigenvalue weighted by molar-refractivity contribution is 5.44. The molecule has 0 aromatic heterocycles. The first-order valence-electron chi connectivity index (χ1n) is 4.90. The van der Waals surface area contributed by atoms with Crippen LogP contribution in [-0.4, -0.2) is 13.7 Å². The van der Waals surface area contributed by atoms with Crippen LogP contribution >= 0.6 is 0 Å². The molecular weight excluding hydrogens is 190 g/mol. The fourth-order valence-corrected chi connectivity index (χ4v) is 1.30. The van der Waals surface area contributed by atoms with Gasteiger partial charge in [0.05, 0.1) is 13.7 Å². The van der Waals surface area contributed by atoms with Gasteiger partial charge >= 0.3 is 0 Å². The summed E-state index contributed by atoms with van der Waals surface area (Å²) in [5, 5.41) is 0. The maximum Gasteiger partial charge on any atom is 0.246 e. The van der Waals surface area contributed by atoms with Gasteiger partial charge in [-0.25, -0.2) is 6.57 Å². The molecule has 3 heteroatoms. The van der Waals surface area contributed by atoms with Crippen LogP contribution in [0.5, 0.6) is 11.5 Å². The van der Waals surface area contributed by atoms with Crippen LogP contribution in [0.4, 0.5) is 0 Å². The Morgan fingerprint density at radius 3 is 2.67 bits per heavy atom. The van der Waals surface area contributed by atoms with E-state index in [4.69, 9.17) is 16.0 Å². The van der Waals surface area contributed by atoms with E-state index in [1.165, 1.54) is 0 Å². The largest absolute Gasteiger partial charge is 0.493 e. The summed E-state index contributed by atoms with van der Waals surface area (Å²) in [6, 6.07) is 5.45. The van der Waals surface area contributed by atoms with Crippen LogP contribution in [-0.2, 0) is 0 Å². The predicted octanol–water partition coefficient (Wildman–Crippen LogP) is 3.07. The molecule has 3 nitrogen and oxygen atoms in total. The van der Waals surface area contributed by atoms with E-state index < -0.39 is 0 Å². The number of hydrogen-bond acceptors (Lipinski definition) is 2. The minimum atomic E-state index is -0.143. The molecule has 1 atom stereocenters. The molecule has 0 aliphatic rings. The second kappa shape index (κ2) is 5.26. The number of rotatable bonds is 4. The molecule has 0 fully saturated rings. The van der Waals surface area contributed by atoms with Crippen molar-refractivity contribution >= 4 is 0 Å². The normalized spacial score (nSPS) is 11.6. The summed E-state index contributed by atoms with van der Waals surface area (Å²) in [5.41, 5.74) is 0.953. The molecule has 0 N–H and O–H groups in total. The van der Waals surface area contributed by atoms with Crippen molar-refractivity contribution in [2.24, 2.45) is 0 Å². The lowest BCUT2D eigenvalue weighted by molar-refractivity contribution is 0.310. The maximum absolute atomic E-state index is 6.97. The Labute approximate surface area is 90.5 Å². The van der Waals surface area contributed by atoms with Gasteiger partial charge in [-0.15, -0.1) is 0 Å². The Hall–Kier alpha value is -1.69. The van der Waals surface area contributed by atoms with Crippen molar-refractivity contribution in [3.8, 4) is 11.5 Å². The summed E-state index contributed by atoms with van der Waals surface area (Å²) in [4.78, 5) is 3.47. The highest BCUT2D eigenvalue weighted by Gasteiger charge is 2.12. The van der Waals surface area contributed by atoms with E-state index in [2.05, 4.69) is 4.85 Å². The summed E-state index contributed by atoms with van der Waals surface area (Å²) in [7, 11) is 1.61. The van der Waals surface area contributed by atoms with Crippen molar-refractivity contribution in [1.29, 1.82) is 0 Å². The Kier molecular flexibility index (Phi) is 3.99. The zero-order chi connectivity index (χ0) is 11.3. The molecule has 1 unspecified atom stereocenters. The molecule has 0 radical (unpaired) electrons. The Morgan fingerprint density at radius 1 is 1.40 bits per heavy atom. The Bertz CT molecular complexity index is 368. The summed E-state index contributed by atoms with van der Waals surface area (Å²) < 4.78 is 10.6. The molecule has 0 bridgehead atoms. The van der Waals surface area contributed by atoms with Crippen molar-refractivity contribution in [1.82, 2.24) is 0 Å². The van der Waals surface area contributed by atoms with Crippen LogP contribution in [0.3, 0.4) is 0 Å². The van der Waals surface area contributed by atoms with Crippen LogP contribution < -0.4 is 9.47 Å². The lowest BCUT2D eigenvalue weighted by Crippen LogP contribution is -1.97. The minimum Gasteiger partial charge on any atom is -0.493 e. The highest BCUT2D eigenvalue weighted by atomic mass is 16.5. The van der Waals surface area contributed by atoms with Gasteiger partial charge in [-0.3, -0.25) is 0 Å². The van der Waals surface area contributed by atoms with Crippen molar-refractivity contribution in [2.75, 3.05) is 13.7 Å². The SMILES string of the molecule is [C-]#[N+]C(C)c1ccc(OC)c(OCC)c1. The van der Waals surface area contributed by atoms with Gasteiger partial charge < -0.3 is 14.3 Å². The molecule has 1 rings (SSSR count). The molecule has 0 saturated carbocycles. The maximum atomic E-state index is 6.97. The monoisotopic (exact) mass is 205 g/mol. The second-order valence-corrected chi connectivity index (χ2v) is 3.15. The molecule has 80 valence electrons. The van der Waals surface area contributed by atoms with Crippen LogP contribution in [0, 0.1) is 6.57 Å². The second-order valence-electron chi connectivity index (χ2n) is 3.15. The molecule has 15 heavy (non-hydrogen) atoms. The van der Waals surface area contributed by atoms with E-state index in [-0.39, 0.29) is 6.04 Å². The van der Waals surface area contributed by atoms with Gasteiger partial charge in [-0.05, 0) is 25.1 Å². The van der Waals surface area contributed by atoms with E-state index in [1.807, 2.05) is 32.0 Å². The zero-order valence-electron chi connectivity index (χ0n) is 9.28. The zero-order valence-corrected chi connectivity index (χ0v) is 9.28. The van der Waals surface area contributed by atoms with Gasteiger partial charge in [0.15, 0.2) is 11.5 Å². The number of benzene rings is 1. The average molecular weight is 205 g/mol. The van der Waals surface area contributed by atoms with E-state index >= 15 is 0 Å². The smallest absolute Gasteiger partial charge is 0.246 e. The van der Waals surface area contributed by atoms with Gasteiger partial charge in [0, 0.05) is 12.5 Å². The quantitative estimate of drug-likeness (QED) is 0.705. The number of hydrogen-bond donors (Lipinski definition) is 0. The molecular formula is C12H15NO2. The number of nitrogens with zero attached hydrogens (tertiary/aromatic N) is 1. The third kappa shape index (κ3) is 2.63. The first-order valence-corrected chi connectivity index (χ1v) is 4.90. The molecule has 0 saturated heterocycles. The van der Waals surface area contributed by atoms with E-state index in [9.17, 15) is 0 Å². The molecule has 1 aromatic rings. The van der Waals surface area contributed by atoms with Crippen LogP contribution in [0.2, 0.25) is 0 Å². The van der Waals surface area contributed by atoms with Gasteiger partial charge in [0.25, 0.3) is 0 Å². The Morgan fingerprint density at radius 2 is 2.13 bits per heavy atom. The predicted molar refractivity (Wildman–Crippen MR) is 59.2 cm³/mol. The highest BCUT2D eigenvalue weighted by Crippen LogP contribution is 2.31. The number of methoxy groups -OCH3 is 1. The van der Waals surface area contributed by atoms with E-state index in [0.29, 0.717) is 18.1 Å². The van der Waals surface area contributed by atoms with Gasteiger partial charge in [0.1, 0.15) is 0 Å². The van der Waals surface area contributed by atoms with Gasteiger partial charge in [0.2, 0.25) is 6.04 Å². The van der Waals surface area contributed by atoms with Crippen LogP contribution in [0.25, 0.3) is 4.85 Å². The lowest BCUT2D eigenvalue weighted by Gasteiger charge is -2.10. The summed E-state index contributed by atoms with van der Waals surface area (Å²) in [6.45, 7) is 11.3. The summed E-state index contributed by atoms with van der Waals surface area (Å²) in [6.07, 6.45) is 0. The first-order chi connectivity index (χ1) is 7.22. The number of ether oxygens (including phenoxy) is 2. The van der Waals surface area contributed by atoms with Crippen molar-refractivity contribution in [3.63, 3.8) is 0 Å². The lowest BCUT2D eigenvalue weighted by atomic mass is 10.1. The fourth-order valence-electron chi connectivity index (χ4n) is 1.30. The third-order valence-corrected chi connectivity index (χ3v) is 2.16. The van der Waals surface area contributed by atoms with E-state index in [1.54, 1.807) is 7.11 Å². The minimum absolute atomic E-state index is 0.143. The van der Waals surface area contributed by atoms with Crippen LogP contribution in [0.15, 0.2) is 18.2 Å². The Balaban J connectivity index is 3.05. The van der Waals surface area contributed by atoms with Crippen molar-refractivity contribution in [2.45, 2.75) is 19.9 Å². The molecule has 0 amide bonds. The average Bonchev–Trinajstić information content (AvgIpc) is 2.28. The molecule has 0 aliphatic heterocycles. The fraction of sp³-hybridized carbons (Fsp3) is 0.417. The standard InChI is InChI=1S/C12H15NO2/c1-5-15-12-8-10(9(2)13-3)6-7-11(12)14-4/h6-9H,5H2,1-2,4H3. The molecule has 0 aliphatic carbocycles. The van der Waals surface area contributed by atoms with E-state index in [0.717, 1.165) is 5.56 Å². The van der Waals surface area contributed by atoms with Gasteiger partial charge in [-0.2, -0.15) is 0 Å². The topological polar surface area (TPSA) is 22.8 Å². The van der Waals surface area contributed by atoms with Crippen LogP contribution in [0.1, 0.15) is 25.5 Å². The van der Waals surface area contributed by atoms with Crippen molar-refractivity contribution in [3.05, 3.63) is 35.2 Å². The molecule has 1 aromatic carbocycles. The molecule has 0 spiro atoms. The van der Waals surface area contributed by atoms with Gasteiger partial charge in [-0.1, -0.05) is 0 Å². The third-order valence-electron chi connectivity index (χ3n) is 2.16. The summed E-state index contributed by atoms with van der Waals surface area (Å²) >= 11 is 0.